The van der Waals surface area contributed by atoms with Gasteiger partial charge in [0.1, 0.15) is 29.0 Å². The van der Waals surface area contributed by atoms with E-state index in [4.69, 9.17) is 9.15 Å². The third-order valence-electron chi connectivity index (χ3n) is 8.14. The van der Waals surface area contributed by atoms with Crippen LogP contribution >= 0.6 is 10.6 Å². The number of nitrogens with zero attached hydrogens (tertiary/aromatic N) is 1. The SMILES string of the molecule is N#CC1(NC(=O)C2(NC(=O)c3cc4ccc(-c5ccc6c(c5)OCCS(O)(O)C6)cc4o3)CCC(F)(F)CC2)CC1. The van der Waals surface area contributed by atoms with Crippen LogP contribution in [0.25, 0.3) is 22.1 Å². The van der Waals surface area contributed by atoms with Crippen molar-refractivity contribution in [2.45, 2.75) is 61.3 Å². The number of ether oxygens (including phenoxy) is 1. The molecule has 1 aromatic heterocycles. The second kappa shape index (κ2) is 9.72. The molecule has 12 heteroatoms. The van der Waals surface area contributed by atoms with Crippen LogP contribution in [0.15, 0.2) is 46.9 Å². The largest absolute Gasteiger partial charge is 0.492 e. The Morgan fingerprint density at radius 3 is 2.37 bits per heavy atom. The van der Waals surface area contributed by atoms with Gasteiger partial charge in [-0.25, -0.2) is 8.78 Å². The first kappa shape index (κ1) is 27.5. The van der Waals surface area contributed by atoms with Gasteiger partial charge in [-0.1, -0.05) is 24.3 Å². The molecule has 3 aliphatic rings. The van der Waals surface area contributed by atoms with Crippen molar-refractivity contribution in [1.82, 2.24) is 10.6 Å². The van der Waals surface area contributed by atoms with Crippen LogP contribution in [0.1, 0.15) is 54.6 Å². The van der Waals surface area contributed by atoms with Gasteiger partial charge in [0.15, 0.2) is 5.76 Å². The van der Waals surface area contributed by atoms with Crippen LogP contribution < -0.4 is 15.4 Å². The van der Waals surface area contributed by atoms with Crippen LogP contribution in [0, 0.1) is 11.3 Å². The molecule has 0 atom stereocenters. The maximum atomic E-state index is 14.0. The van der Waals surface area contributed by atoms with E-state index in [2.05, 4.69) is 16.7 Å². The van der Waals surface area contributed by atoms with Crippen molar-refractivity contribution in [3.63, 3.8) is 0 Å². The van der Waals surface area contributed by atoms with Crippen molar-refractivity contribution in [1.29, 1.82) is 5.26 Å². The van der Waals surface area contributed by atoms with Gasteiger partial charge >= 0.3 is 0 Å². The molecule has 0 unspecified atom stereocenters. The fraction of sp³-hybridized carbons (Fsp3) is 0.414. The second-order valence-corrected chi connectivity index (χ2v) is 13.5. The highest BCUT2D eigenvalue weighted by molar-refractivity contribution is 8.23. The molecule has 41 heavy (non-hydrogen) atoms. The lowest BCUT2D eigenvalue weighted by Gasteiger charge is -2.39. The zero-order valence-electron chi connectivity index (χ0n) is 22.0. The van der Waals surface area contributed by atoms with Crippen LogP contribution in [0.5, 0.6) is 5.75 Å². The number of hydrogen-bond donors (Lipinski definition) is 4. The molecule has 3 aromatic rings. The van der Waals surface area contributed by atoms with E-state index < -0.39 is 52.2 Å². The number of rotatable bonds is 5. The highest BCUT2D eigenvalue weighted by Gasteiger charge is 2.53. The normalized spacial score (nSPS) is 22.2. The highest BCUT2D eigenvalue weighted by Crippen LogP contribution is 2.47. The molecule has 9 nitrogen and oxygen atoms in total. The van der Waals surface area contributed by atoms with Crippen molar-refractivity contribution in [2.75, 3.05) is 12.4 Å². The van der Waals surface area contributed by atoms with Gasteiger partial charge in [-0.05, 0) is 55.0 Å². The van der Waals surface area contributed by atoms with Gasteiger partial charge in [0.25, 0.3) is 5.91 Å². The number of halogens is 2. The first-order chi connectivity index (χ1) is 19.4. The van der Waals surface area contributed by atoms with Gasteiger partial charge in [0.05, 0.1) is 17.6 Å². The summed E-state index contributed by atoms with van der Waals surface area (Å²) in [5.74, 6) is -3.47. The van der Waals surface area contributed by atoms with Crippen molar-refractivity contribution in [3.05, 3.63) is 53.8 Å². The van der Waals surface area contributed by atoms with Gasteiger partial charge in [0.2, 0.25) is 11.8 Å². The number of benzene rings is 2. The molecule has 1 aliphatic heterocycles. The molecule has 0 spiro atoms. The van der Waals surface area contributed by atoms with Gasteiger partial charge in [0, 0.05) is 23.8 Å². The minimum atomic E-state index is -2.93. The van der Waals surface area contributed by atoms with Crippen molar-refractivity contribution in [3.8, 4) is 22.9 Å². The maximum absolute atomic E-state index is 14.0. The number of nitrogens with one attached hydrogen (secondary N) is 2. The van der Waals surface area contributed by atoms with E-state index in [-0.39, 0.29) is 36.7 Å². The van der Waals surface area contributed by atoms with Crippen LogP contribution in [0.3, 0.4) is 0 Å². The molecule has 2 aliphatic carbocycles. The summed E-state index contributed by atoms with van der Waals surface area (Å²) in [6, 6.07) is 14.4. The molecule has 0 bridgehead atoms. The zero-order chi connectivity index (χ0) is 29.0. The molecule has 216 valence electrons. The monoisotopic (exact) mass is 585 g/mol. The van der Waals surface area contributed by atoms with E-state index in [1.54, 1.807) is 18.2 Å². The van der Waals surface area contributed by atoms with Gasteiger partial charge in [-0.15, -0.1) is 0 Å². The fourth-order valence-electron chi connectivity index (χ4n) is 5.37. The summed E-state index contributed by atoms with van der Waals surface area (Å²) in [6.07, 6.45) is -0.705. The van der Waals surface area contributed by atoms with E-state index >= 15 is 0 Å². The lowest BCUT2D eigenvalue weighted by Crippen LogP contribution is -2.62. The molecule has 6 rings (SSSR count). The first-order valence-electron chi connectivity index (χ1n) is 13.4. The Morgan fingerprint density at radius 1 is 0.951 bits per heavy atom. The summed E-state index contributed by atoms with van der Waals surface area (Å²) in [5.41, 5.74) is 0.109. The third-order valence-corrected chi connectivity index (χ3v) is 9.73. The van der Waals surface area contributed by atoms with E-state index in [9.17, 15) is 32.7 Å². The van der Waals surface area contributed by atoms with Crippen molar-refractivity contribution < 1.29 is 36.6 Å². The first-order valence-corrected chi connectivity index (χ1v) is 15.3. The summed E-state index contributed by atoms with van der Waals surface area (Å²) in [4.78, 5) is 26.6. The fourth-order valence-corrected chi connectivity index (χ4v) is 6.60. The summed E-state index contributed by atoms with van der Waals surface area (Å²) < 4.78 is 59.9. The number of furan rings is 1. The predicted molar refractivity (Wildman–Crippen MR) is 148 cm³/mol. The Hall–Kier alpha value is -3.66. The summed E-state index contributed by atoms with van der Waals surface area (Å²) in [5, 5.41) is 15.4. The Balaban J connectivity index is 1.24. The van der Waals surface area contributed by atoms with Crippen LogP contribution in [-0.4, -0.2) is 50.3 Å². The zero-order valence-corrected chi connectivity index (χ0v) is 22.9. The smallest absolute Gasteiger partial charge is 0.287 e. The van der Waals surface area contributed by atoms with E-state index in [1.807, 2.05) is 18.2 Å². The van der Waals surface area contributed by atoms with Crippen molar-refractivity contribution in [2.24, 2.45) is 0 Å². The Bertz CT molecular complexity index is 1580. The van der Waals surface area contributed by atoms with Gasteiger partial charge < -0.3 is 19.8 Å². The quantitative estimate of drug-likeness (QED) is 0.305. The number of carbonyl (C=O) groups excluding carboxylic acids is 2. The molecule has 0 saturated heterocycles. The Kier molecular flexibility index (Phi) is 6.52. The highest BCUT2D eigenvalue weighted by atomic mass is 32.3. The summed E-state index contributed by atoms with van der Waals surface area (Å²) >= 11 is 0. The van der Waals surface area contributed by atoms with E-state index in [1.165, 1.54) is 6.07 Å². The van der Waals surface area contributed by atoms with Crippen LogP contribution in [0.2, 0.25) is 0 Å². The summed E-state index contributed by atoms with van der Waals surface area (Å²) in [7, 11) is -2.73. The molecule has 4 N–H and O–H groups in total. The lowest BCUT2D eigenvalue weighted by molar-refractivity contribution is -0.133. The molecular weight excluding hydrogens is 556 g/mol. The minimum absolute atomic E-state index is 0.0708. The molecule has 2 saturated carbocycles. The van der Waals surface area contributed by atoms with Gasteiger partial charge in [-0.2, -0.15) is 15.9 Å². The number of carbonyl (C=O) groups is 2. The van der Waals surface area contributed by atoms with Crippen LogP contribution in [0.4, 0.5) is 8.78 Å². The average Bonchev–Trinajstić information content (AvgIpc) is 3.60. The number of fused-ring (bicyclic) bond motifs is 2. The molecule has 2 amide bonds. The molecule has 2 aromatic carbocycles. The van der Waals surface area contributed by atoms with Gasteiger partial charge in [-0.3, -0.25) is 18.7 Å². The third kappa shape index (κ3) is 5.49. The average molecular weight is 586 g/mol. The molecule has 2 heterocycles. The van der Waals surface area contributed by atoms with Crippen molar-refractivity contribution >= 4 is 33.4 Å². The molecule has 0 radical (unpaired) electrons. The standard InChI is InChI=1S/C29H29F2N3O6S/c30-29(31)9-7-28(8-10-29,26(36)34-27(17-32)5-6-27)33-25(35)24-15-20-3-1-19(14-23(20)40-24)18-2-4-21-16-41(37,38)12-11-39-22(21)13-18/h1-4,13-15,37-38H,5-12,16H2,(H,33,35)(H,34,36). The number of hydrogen-bond acceptors (Lipinski definition) is 7. The minimum Gasteiger partial charge on any atom is -0.492 e. The number of alkyl halides is 2. The Morgan fingerprint density at radius 2 is 1.66 bits per heavy atom. The molecule has 2 fully saturated rings. The number of nitriles is 1. The topological polar surface area (TPSA) is 145 Å². The second-order valence-electron chi connectivity index (χ2n) is 11.2. The number of amides is 2. The maximum Gasteiger partial charge on any atom is 0.287 e. The Labute approximate surface area is 236 Å². The van der Waals surface area contributed by atoms with Crippen LogP contribution in [-0.2, 0) is 10.5 Å². The lowest BCUT2D eigenvalue weighted by atomic mass is 9.78. The van der Waals surface area contributed by atoms with E-state index in [0.717, 1.165) is 11.1 Å². The summed E-state index contributed by atoms with van der Waals surface area (Å²) in [6.45, 7) is 0.198. The predicted octanol–water partition coefficient (Wildman–Crippen LogP) is 5.59. The van der Waals surface area contributed by atoms with E-state index in [0.29, 0.717) is 35.1 Å². The molecular formula is C29H29F2N3O6S.